The van der Waals surface area contributed by atoms with Crippen LogP contribution in [0.25, 0.3) is 43.6 Å². The third-order valence-corrected chi connectivity index (χ3v) is 17.7. The summed E-state index contributed by atoms with van der Waals surface area (Å²) in [6.45, 7) is 32.5. The first-order valence-corrected chi connectivity index (χ1v) is 34.6. The van der Waals surface area contributed by atoms with Gasteiger partial charge in [0.25, 0.3) is 0 Å². The topological polar surface area (TPSA) is 51.6 Å². The molecule has 0 saturated carbocycles. The molecule has 0 amide bonds. The second-order valence-electron chi connectivity index (χ2n) is 30.4. The lowest BCUT2D eigenvalue weighted by molar-refractivity contribution is -0.141. The molecule has 8 aromatic carbocycles. The quantitative estimate of drug-likeness (QED) is 0.112. The Morgan fingerprint density at radius 3 is 0.537 bits per heavy atom. The third-order valence-electron chi connectivity index (χ3n) is 17.7. The van der Waals surface area contributed by atoms with Crippen molar-refractivity contribution in [3.05, 3.63) is 306 Å². The van der Waals surface area contributed by atoms with Crippen LogP contribution >= 0.6 is 0 Å². The van der Waals surface area contributed by atoms with Gasteiger partial charge in [0.05, 0.1) is 22.1 Å². The normalized spacial score (nSPS) is 12.0. The number of fused-ring (bicyclic) bond motifs is 4. The number of para-hydroxylation sites is 4. The highest BCUT2D eigenvalue weighted by Gasteiger charge is 2.37. The molecule has 0 aliphatic rings. The molecule has 0 bridgehead atoms. The number of aromatic nitrogens is 4. The smallest absolute Gasteiger partial charge is 0.243 e. The van der Waals surface area contributed by atoms with Crippen LogP contribution in [-0.4, -0.2) is 19.9 Å². The number of pyridine rings is 4. The molecule has 0 atom stereocenters. The number of hydrogen-bond acceptors (Lipinski definition) is 4. The van der Waals surface area contributed by atoms with Crippen LogP contribution in [0, 0.1) is 75.1 Å². The Morgan fingerprint density at radius 2 is 0.389 bits per heavy atom. The maximum Gasteiger partial charge on any atom is 0.433 e. The van der Waals surface area contributed by atoms with Gasteiger partial charge in [0.1, 0.15) is 22.8 Å². The summed E-state index contributed by atoms with van der Waals surface area (Å²) in [5.74, 6) is 23.6. The molecule has 16 heteroatoms. The number of hydrogen-bond donors (Lipinski definition) is 0. The molecule has 0 N–H and O–H groups in total. The van der Waals surface area contributed by atoms with Crippen LogP contribution in [0.4, 0.5) is 52.7 Å². The summed E-state index contributed by atoms with van der Waals surface area (Å²) >= 11 is 0. The minimum atomic E-state index is -4.51. The summed E-state index contributed by atoms with van der Waals surface area (Å²) in [5.41, 5.74) is 9.62. The van der Waals surface area contributed by atoms with Gasteiger partial charge in [0.2, 0.25) is 0 Å². The number of aryl methyl sites for hydroxylation is 4. The van der Waals surface area contributed by atoms with E-state index in [1.165, 1.54) is 22.3 Å². The van der Waals surface area contributed by atoms with E-state index in [1.807, 2.05) is 97.1 Å². The largest absolute Gasteiger partial charge is 0.433 e. The molecule has 0 aliphatic heterocycles. The highest BCUT2D eigenvalue weighted by Crippen LogP contribution is 2.37. The van der Waals surface area contributed by atoms with Crippen LogP contribution in [0.1, 0.15) is 195 Å². The molecule has 0 aliphatic carbocycles. The minimum absolute atomic E-state index is 0.0341. The SMILES string of the molecule is Cc1cccc2c(C#Cc3ccc(C(C)(C)C)cc3)cc(C(F)(F)F)nc12.Cc1cccc2c(C#Cc3ccc(C(C)(C)C)cc3)cc(C(F)(F)F)nc12.Cc1cccc2c(C#Cc3ccc(C(C)(C)C)cc3)cc(C(F)(F)F)nc12.Cc1cccc2c(C#Cc3ccc(C(C)(C)C)cc3)cc(C(F)(F)F)nc12. The van der Waals surface area contributed by atoms with Crippen molar-refractivity contribution in [1.82, 2.24) is 19.9 Å². The molecule has 0 spiro atoms. The van der Waals surface area contributed by atoms with Crippen molar-refractivity contribution < 1.29 is 52.7 Å². The van der Waals surface area contributed by atoms with Gasteiger partial charge in [-0.2, -0.15) is 52.7 Å². The first-order chi connectivity index (χ1) is 50.2. The predicted octanol–water partition coefficient (Wildman–Crippen LogP) is 25.0. The fourth-order valence-corrected chi connectivity index (χ4v) is 11.3. The maximum atomic E-state index is 13.2. The van der Waals surface area contributed by atoms with Gasteiger partial charge in [-0.25, -0.2) is 19.9 Å². The first kappa shape index (κ1) is 80.9. The molecule has 0 saturated heterocycles. The Morgan fingerprint density at radius 1 is 0.222 bits per heavy atom. The van der Waals surface area contributed by atoms with Crippen LogP contribution in [0.2, 0.25) is 0 Å². The highest BCUT2D eigenvalue weighted by atomic mass is 19.4. The van der Waals surface area contributed by atoms with Gasteiger partial charge in [0.15, 0.2) is 0 Å². The molecule has 4 aromatic heterocycles. The summed E-state index contributed by atoms with van der Waals surface area (Å²) in [4.78, 5) is 15.2. The van der Waals surface area contributed by atoms with Crippen LogP contribution in [0.5, 0.6) is 0 Å². The Bertz CT molecular complexity index is 4870. The van der Waals surface area contributed by atoms with E-state index in [9.17, 15) is 52.7 Å². The summed E-state index contributed by atoms with van der Waals surface area (Å²) in [5, 5.41) is 2.51. The van der Waals surface area contributed by atoms with E-state index in [0.717, 1.165) is 46.5 Å². The fourth-order valence-electron chi connectivity index (χ4n) is 11.3. The maximum absolute atomic E-state index is 13.2. The molecular formula is C92H80F12N4. The number of nitrogens with zero attached hydrogens (tertiary/aromatic N) is 4. The average molecular weight is 1470 g/mol. The Balaban J connectivity index is 0.000000166. The molecule has 552 valence electrons. The van der Waals surface area contributed by atoms with Gasteiger partial charge >= 0.3 is 24.7 Å². The predicted molar refractivity (Wildman–Crippen MR) is 410 cm³/mol. The fraction of sp³-hybridized carbons (Fsp3) is 0.261. The van der Waals surface area contributed by atoms with Crippen molar-refractivity contribution >= 4 is 43.6 Å². The third kappa shape index (κ3) is 20.7. The van der Waals surface area contributed by atoms with Crippen LogP contribution in [0.3, 0.4) is 0 Å². The molecule has 0 unspecified atom stereocenters. The summed E-state index contributed by atoms with van der Waals surface area (Å²) in [6.07, 6.45) is -18.1. The van der Waals surface area contributed by atoms with Crippen LogP contribution in [-0.2, 0) is 46.4 Å². The summed E-state index contributed by atoms with van der Waals surface area (Å²) in [7, 11) is 0. The Hall–Kier alpha value is -11.2. The van der Waals surface area contributed by atoms with E-state index < -0.39 is 47.5 Å². The van der Waals surface area contributed by atoms with E-state index in [4.69, 9.17) is 0 Å². The molecule has 4 heterocycles. The van der Waals surface area contributed by atoms with Crippen molar-refractivity contribution in [2.75, 3.05) is 0 Å². The van der Waals surface area contributed by atoms with E-state index in [-0.39, 0.29) is 21.7 Å². The van der Waals surface area contributed by atoms with Gasteiger partial charge in [-0.3, -0.25) is 0 Å². The molecule has 4 nitrogen and oxygen atoms in total. The minimum Gasteiger partial charge on any atom is -0.243 e. The monoisotopic (exact) mass is 1470 g/mol. The summed E-state index contributed by atoms with van der Waals surface area (Å²) in [6, 6.07) is 56.5. The number of alkyl halides is 12. The van der Waals surface area contributed by atoms with E-state index in [1.54, 1.807) is 100 Å². The molecule has 0 radical (unpaired) electrons. The summed E-state index contributed by atoms with van der Waals surface area (Å²) < 4.78 is 159. The van der Waals surface area contributed by atoms with Crippen molar-refractivity contribution in [3.8, 4) is 47.4 Å². The second-order valence-corrected chi connectivity index (χ2v) is 30.4. The van der Waals surface area contributed by atoms with Gasteiger partial charge < -0.3 is 0 Å². The van der Waals surface area contributed by atoms with Crippen LogP contribution in [0.15, 0.2) is 194 Å². The number of halogens is 12. The van der Waals surface area contributed by atoms with Gasteiger partial charge in [-0.15, -0.1) is 0 Å². The zero-order chi connectivity index (χ0) is 79.3. The lowest BCUT2D eigenvalue weighted by Crippen LogP contribution is -2.10. The Labute approximate surface area is 623 Å². The van der Waals surface area contributed by atoms with Crippen molar-refractivity contribution in [3.63, 3.8) is 0 Å². The van der Waals surface area contributed by atoms with Crippen LogP contribution < -0.4 is 0 Å². The van der Waals surface area contributed by atoms with Gasteiger partial charge in [0, 0.05) is 66.1 Å². The number of benzene rings is 8. The standard InChI is InChI=1S/4C23H20F3N/c4*1-15-6-5-7-19-17(14-20(23(24,25)26)27-21(15)19)11-8-16-9-12-18(13-10-16)22(2,3)4/h4*5-7,9-10,12-14H,1-4H3. The second kappa shape index (κ2) is 31.7. The molecule has 12 rings (SSSR count). The lowest BCUT2D eigenvalue weighted by atomic mass is 9.87. The van der Waals surface area contributed by atoms with Gasteiger partial charge in [-0.1, -0.05) is 252 Å². The van der Waals surface area contributed by atoms with Crippen molar-refractivity contribution in [1.29, 1.82) is 0 Å². The van der Waals surface area contributed by atoms with E-state index in [2.05, 4.69) is 150 Å². The zero-order valence-electron chi connectivity index (χ0n) is 62.8. The number of rotatable bonds is 0. The first-order valence-electron chi connectivity index (χ1n) is 34.6. The Kier molecular flexibility index (Phi) is 23.7. The van der Waals surface area contributed by atoms with Crippen molar-refractivity contribution in [2.45, 2.75) is 157 Å². The lowest BCUT2D eigenvalue weighted by Gasteiger charge is -2.18. The zero-order valence-corrected chi connectivity index (χ0v) is 62.8. The molecule has 12 aromatic rings. The highest BCUT2D eigenvalue weighted by molar-refractivity contribution is 5.91. The molecule has 0 fully saturated rings. The molecule has 108 heavy (non-hydrogen) atoms. The molecular weight excluding hydrogens is 1390 g/mol. The van der Waals surface area contributed by atoms with Gasteiger partial charge in [-0.05, 0) is 167 Å². The van der Waals surface area contributed by atoms with E-state index in [0.29, 0.717) is 88.1 Å². The average Bonchev–Trinajstić information content (AvgIpc) is 0.799. The van der Waals surface area contributed by atoms with Crippen molar-refractivity contribution in [2.24, 2.45) is 0 Å². The van der Waals surface area contributed by atoms with E-state index >= 15 is 0 Å².